The minimum absolute atomic E-state index is 0.125. The van der Waals surface area contributed by atoms with Crippen LogP contribution in [-0.4, -0.2) is 19.5 Å². The molecule has 54 valence electrons. The molecule has 0 heterocycles. The van der Waals surface area contributed by atoms with Crippen LogP contribution in [0.4, 0.5) is 0 Å². The van der Waals surface area contributed by atoms with Crippen LogP contribution in [0.3, 0.4) is 0 Å². The second-order valence-electron chi connectivity index (χ2n) is 2.40. The molecule has 0 fully saturated rings. The van der Waals surface area contributed by atoms with Crippen LogP contribution in [0.2, 0.25) is 0 Å². The van der Waals surface area contributed by atoms with Gasteiger partial charge in [-0.25, -0.2) is 0 Å². The van der Waals surface area contributed by atoms with Crippen LogP contribution >= 0.6 is 0 Å². The van der Waals surface area contributed by atoms with Crippen molar-refractivity contribution >= 4 is 6.29 Å². The van der Waals surface area contributed by atoms with Gasteiger partial charge in [-0.3, -0.25) is 0 Å². The first-order valence-corrected chi connectivity index (χ1v) is 3.18. The monoisotopic (exact) mass is 130 g/mol. The van der Waals surface area contributed by atoms with Gasteiger partial charge in [0.25, 0.3) is 0 Å². The summed E-state index contributed by atoms with van der Waals surface area (Å²) in [7, 11) is 1.65. The maximum absolute atomic E-state index is 10.1. The number of rotatable bonds is 4. The highest BCUT2D eigenvalue weighted by molar-refractivity contribution is 5.52. The zero-order valence-electron chi connectivity index (χ0n) is 6.26. The van der Waals surface area contributed by atoms with E-state index in [1.54, 1.807) is 7.11 Å². The molecular weight excluding hydrogens is 116 g/mol. The Labute approximate surface area is 56.2 Å². The molecule has 9 heavy (non-hydrogen) atoms. The molecule has 0 spiro atoms. The Morgan fingerprint density at radius 1 is 1.56 bits per heavy atom. The zero-order valence-corrected chi connectivity index (χ0v) is 6.26. The van der Waals surface area contributed by atoms with Gasteiger partial charge >= 0.3 is 0 Å². The molecule has 0 rings (SSSR count). The molecule has 0 saturated carbocycles. The van der Waals surface area contributed by atoms with Gasteiger partial charge in [0, 0.05) is 13.0 Å². The van der Waals surface area contributed by atoms with E-state index in [4.69, 9.17) is 4.74 Å². The molecule has 0 bridgehead atoms. The van der Waals surface area contributed by atoms with Gasteiger partial charge in [-0.2, -0.15) is 0 Å². The summed E-state index contributed by atoms with van der Waals surface area (Å²) in [6.07, 6.45) is 1.97. The Hall–Kier alpha value is -0.370. The lowest BCUT2D eigenvalue weighted by molar-refractivity contribution is -0.111. The maximum Gasteiger partial charge on any atom is 0.122 e. The molecule has 0 unspecified atom stereocenters. The minimum Gasteiger partial charge on any atom is -0.382 e. The van der Waals surface area contributed by atoms with Gasteiger partial charge in [0.2, 0.25) is 0 Å². The number of methoxy groups -OCH3 is 1. The van der Waals surface area contributed by atoms with Crippen molar-refractivity contribution < 1.29 is 9.53 Å². The SMILES string of the molecule is CO[C@@H](C)C[C@H](C)C=O. The van der Waals surface area contributed by atoms with Crippen molar-refractivity contribution in [3.63, 3.8) is 0 Å². The Morgan fingerprint density at radius 2 is 2.11 bits per heavy atom. The maximum atomic E-state index is 10.1. The quantitative estimate of drug-likeness (QED) is 0.535. The van der Waals surface area contributed by atoms with Crippen LogP contribution < -0.4 is 0 Å². The molecule has 0 aromatic rings. The third-order valence-corrected chi connectivity index (χ3v) is 1.34. The first-order valence-electron chi connectivity index (χ1n) is 3.18. The zero-order chi connectivity index (χ0) is 7.28. The molecule has 0 aliphatic carbocycles. The fraction of sp³-hybridized carbons (Fsp3) is 0.857. The van der Waals surface area contributed by atoms with Crippen molar-refractivity contribution in [3.8, 4) is 0 Å². The van der Waals surface area contributed by atoms with Crippen LogP contribution in [0.25, 0.3) is 0 Å². The van der Waals surface area contributed by atoms with Gasteiger partial charge in [0.1, 0.15) is 6.29 Å². The summed E-state index contributed by atoms with van der Waals surface area (Å²) in [6.45, 7) is 3.85. The summed E-state index contributed by atoms with van der Waals surface area (Å²) in [5.74, 6) is 0.125. The predicted octanol–water partition coefficient (Wildman–Crippen LogP) is 1.25. The van der Waals surface area contributed by atoms with Gasteiger partial charge < -0.3 is 9.53 Å². The van der Waals surface area contributed by atoms with Crippen LogP contribution in [-0.2, 0) is 9.53 Å². The number of carbonyl (C=O) groups is 1. The number of carbonyl (C=O) groups excluding carboxylic acids is 1. The summed E-state index contributed by atoms with van der Waals surface area (Å²) >= 11 is 0. The molecule has 0 radical (unpaired) electrons. The fourth-order valence-electron chi connectivity index (χ4n) is 0.675. The summed E-state index contributed by atoms with van der Waals surface area (Å²) in [6, 6.07) is 0. The normalized spacial score (nSPS) is 16.8. The van der Waals surface area contributed by atoms with E-state index >= 15 is 0 Å². The molecule has 0 aromatic heterocycles. The van der Waals surface area contributed by atoms with Gasteiger partial charge in [0.05, 0.1) is 6.10 Å². The lowest BCUT2D eigenvalue weighted by Crippen LogP contribution is -2.10. The second kappa shape index (κ2) is 4.50. The summed E-state index contributed by atoms with van der Waals surface area (Å²) in [5, 5.41) is 0. The molecule has 0 aromatic carbocycles. The van der Waals surface area contributed by atoms with E-state index < -0.39 is 0 Å². The molecule has 2 nitrogen and oxygen atoms in total. The van der Waals surface area contributed by atoms with E-state index in [0.29, 0.717) is 0 Å². The molecule has 0 aliphatic heterocycles. The largest absolute Gasteiger partial charge is 0.382 e. The highest BCUT2D eigenvalue weighted by Crippen LogP contribution is 2.04. The average Bonchev–Trinajstić information content (AvgIpc) is 1.87. The fourth-order valence-corrected chi connectivity index (χ4v) is 0.675. The standard InChI is InChI=1S/C7H14O2/c1-6(5-8)4-7(2)9-3/h5-7H,4H2,1-3H3/t6-,7-/m0/s1. The van der Waals surface area contributed by atoms with Crippen LogP contribution in [0.15, 0.2) is 0 Å². The van der Waals surface area contributed by atoms with Crippen molar-refractivity contribution in [1.82, 2.24) is 0 Å². The number of hydrogen-bond acceptors (Lipinski definition) is 2. The van der Waals surface area contributed by atoms with Crippen molar-refractivity contribution in [3.05, 3.63) is 0 Å². The molecular formula is C7H14O2. The Kier molecular flexibility index (Phi) is 4.32. The molecule has 0 amide bonds. The highest BCUT2D eigenvalue weighted by Gasteiger charge is 2.04. The van der Waals surface area contributed by atoms with Crippen LogP contribution in [0, 0.1) is 5.92 Å². The first kappa shape index (κ1) is 8.63. The summed E-state index contributed by atoms with van der Waals surface area (Å²) < 4.78 is 4.96. The lowest BCUT2D eigenvalue weighted by Gasteiger charge is -2.09. The van der Waals surface area contributed by atoms with Gasteiger partial charge in [-0.1, -0.05) is 6.92 Å². The van der Waals surface area contributed by atoms with Crippen molar-refractivity contribution in [2.75, 3.05) is 7.11 Å². The Morgan fingerprint density at radius 3 is 2.44 bits per heavy atom. The topological polar surface area (TPSA) is 26.3 Å². The summed E-state index contributed by atoms with van der Waals surface area (Å²) in [4.78, 5) is 10.1. The van der Waals surface area contributed by atoms with E-state index in [1.807, 2.05) is 13.8 Å². The molecule has 0 saturated heterocycles. The van der Waals surface area contributed by atoms with E-state index in [-0.39, 0.29) is 12.0 Å². The summed E-state index contributed by atoms with van der Waals surface area (Å²) in [5.41, 5.74) is 0. The molecule has 0 aliphatic rings. The molecule has 2 atom stereocenters. The smallest absolute Gasteiger partial charge is 0.122 e. The number of aldehydes is 1. The third kappa shape index (κ3) is 4.15. The Bertz CT molecular complexity index is 81.0. The van der Waals surface area contributed by atoms with Gasteiger partial charge in [0.15, 0.2) is 0 Å². The van der Waals surface area contributed by atoms with E-state index in [0.717, 1.165) is 12.7 Å². The second-order valence-corrected chi connectivity index (χ2v) is 2.40. The van der Waals surface area contributed by atoms with Crippen LogP contribution in [0.5, 0.6) is 0 Å². The predicted molar refractivity (Wildman–Crippen MR) is 36.3 cm³/mol. The third-order valence-electron chi connectivity index (χ3n) is 1.34. The van der Waals surface area contributed by atoms with E-state index in [9.17, 15) is 4.79 Å². The molecule has 0 N–H and O–H groups in total. The van der Waals surface area contributed by atoms with Crippen LogP contribution in [0.1, 0.15) is 20.3 Å². The van der Waals surface area contributed by atoms with Gasteiger partial charge in [-0.05, 0) is 13.3 Å². The van der Waals surface area contributed by atoms with E-state index in [1.165, 1.54) is 0 Å². The Balaban J connectivity index is 3.33. The van der Waals surface area contributed by atoms with Crippen molar-refractivity contribution in [1.29, 1.82) is 0 Å². The first-order chi connectivity index (χ1) is 4.20. The average molecular weight is 130 g/mol. The van der Waals surface area contributed by atoms with Crippen molar-refractivity contribution in [2.24, 2.45) is 5.92 Å². The van der Waals surface area contributed by atoms with Gasteiger partial charge in [-0.15, -0.1) is 0 Å². The number of hydrogen-bond donors (Lipinski definition) is 0. The lowest BCUT2D eigenvalue weighted by atomic mass is 10.1. The van der Waals surface area contributed by atoms with Crippen molar-refractivity contribution in [2.45, 2.75) is 26.4 Å². The van der Waals surface area contributed by atoms with E-state index in [2.05, 4.69) is 0 Å². The number of ether oxygens (including phenoxy) is 1. The molecule has 2 heteroatoms. The highest BCUT2D eigenvalue weighted by atomic mass is 16.5. The minimum atomic E-state index is 0.125.